The molecule has 0 aliphatic carbocycles. The fraction of sp³-hybridized carbons (Fsp3) is 0.684. The first kappa shape index (κ1) is 19.3. The van der Waals surface area contributed by atoms with Gasteiger partial charge in [0, 0.05) is 46.4 Å². The number of piperazine rings is 1. The van der Waals surface area contributed by atoms with Crippen LogP contribution in [0.4, 0.5) is 0 Å². The molecule has 24 heavy (non-hydrogen) atoms. The minimum Gasteiger partial charge on any atom is -0.395 e. The van der Waals surface area contributed by atoms with E-state index in [1.54, 1.807) is 14.2 Å². The average Bonchev–Trinajstić information content (AvgIpc) is 2.63. The first-order valence-corrected chi connectivity index (χ1v) is 8.93. The minimum atomic E-state index is -0.0960. The lowest BCUT2D eigenvalue weighted by molar-refractivity contribution is -0.107. The summed E-state index contributed by atoms with van der Waals surface area (Å²) in [6.45, 7) is 5.24. The summed E-state index contributed by atoms with van der Waals surface area (Å²) < 4.78 is 10.4. The lowest BCUT2D eigenvalue weighted by Crippen LogP contribution is -2.54. The highest BCUT2D eigenvalue weighted by Crippen LogP contribution is 2.15. The molecule has 0 radical (unpaired) electrons. The maximum atomic E-state index is 9.76. The Bertz CT molecular complexity index is 439. The van der Waals surface area contributed by atoms with Crippen molar-refractivity contribution in [1.29, 1.82) is 0 Å². The van der Waals surface area contributed by atoms with Gasteiger partial charge in [0.05, 0.1) is 6.61 Å². The Morgan fingerprint density at radius 1 is 1.12 bits per heavy atom. The quantitative estimate of drug-likeness (QED) is 0.523. The van der Waals surface area contributed by atoms with Crippen LogP contribution in [0.2, 0.25) is 0 Å². The largest absolute Gasteiger partial charge is 0.395 e. The van der Waals surface area contributed by atoms with E-state index in [-0.39, 0.29) is 18.9 Å². The maximum Gasteiger partial charge on any atom is 0.156 e. The van der Waals surface area contributed by atoms with Crippen LogP contribution in [0.25, 0.3) is 0 Å². The molecule has 1 aliphatic rings. The number of ether oxygens (including phenoxy) is 2. The highest BCUT2D eigenvalue weighted by atomic mass is 16.7. The van der Waals surface area contributed by atoms with Crippen LogP contribution in [0.5, 0.6) is 0 Å². The van der Waals surface area contributed by atoms with Crippen molar-refractivity contribution in [3.8, 4) is 0 Å². The molecule has 136 valence electrons. The summed E-state index contributed by atoms with van der Waals surface area (Å²) in [5.74, 6) is 0. The molecular formula is C19H32N2O3. The van der Waals surface area contributed by atoms with Gasteiger partial charge in [-0.2, -0.15) is 0 Å². The van der Waals surface area contributed by atoms with Crippen molar-refractivity contribution in [2.75, 3.05) is 47.0 Å². The van der Waals surface area contributed by atoms with Crippen molar-refractivity contribution in [1.82, 2.24) is 9.80 Å². The smallest absolute Gasteiger partial charge is 0.156 e. The molecule has 0 bridgehead atoms. The maximum absolute atomic E-state index is 9.76. The molecule has 1 heterocycles. The summed E-state index contributed by atoms with van der Waals surface area (Å²) in [4.78, 5) is 4.87. The summed E-state index contributed by atoms with van der Waals surface area (Å²) in [7, 11) is 3.36. The first-order chi connectivity index (χ1) is 11.8. The predicted octanol–water partition coefficient (Wildman–Crippen LogP) is 1.95. The number of hydrogen-bond acceptors (Lipinski definition) is 5. The number of hydrogen-bond donors (Lipinski definition) is 1. The van der Waals surface area contributed by atoms with E-state index in [0.717, 1.165) is 52.0 Å². The zero-order chi connectivity index (χ0) is 17.2. The molecule has 1 fully saturated rings. The van der Waals surface area contributed by atoms with Gasteiger partial charge in [0.1, 0.15) is 0 Å². The van der Waals surface area contributed by atoms with Gasteiger partial charge in [0.2, 0.25) is 0 Å². The van der Waals surface area contributed by atoms with Crippen molar-refractivity contribution in [2.24, 2.45) is 0 Å². The van der Waals surface area contributed by atoms with E-state index < -0.39 is 0 Å². The van der Waals surface area contributed by atoms with Crippen LogP contribution >= 0.6 is 0 Å². The zero-order valence-electron chi connectivity index (χ0n) is 15.1. The van der Waals surface area contributed by atoms with Crippen LogP contribution in [0.1, 0.15) is 24.8 Å². The summed E-state index contributed by atoms with van der Waals surface area (Å²) in [5, 5.41) is 9.76. The van der Waals surface area contributed by atoms with E-state index in [1.165, 1.54) is 5.56 Å². The van der Waals surface area contributed by atoms with Crippen LogP contribution < -0.4 is 0 Å². The second-order valence-corrected chi connectivity index (χ2v) is 6.49. The van der Waals surface area contributed by atoms with Crippen LogP contribution in [0.3, 0.4) is 0 Å². The number of benzene rings is 1. The molecule has 0 amide bonds. The van der Waals surface area contributed by atoms with E-state index in [2.05, 4.69) is 40.1 Å². The Kier molecular flexibility index (Phi) is 8.70. The van der Waals surface area contributed by atoms with Crippen LogP contribution in [-0.2, 0) is 16.0 Å². The zero-order valence-corrected chi connectivity index (χ0v) is 15.1. The molecule has 0 spiro atoms. The second kappa shape index (κ2) is 10.8. The number of rotatable bonds is 10. The number of aliphatic hydroxyl groups is 1. The van der Waals surface area contributed by atoms with Gasteiger partial charge < -0.3 is 14.6 Å². The average molecular weight is 336 g/mol. The molecule has 1 aromatic carbocycles. The van der Waals surface area contributed by atoms with Crippen molar-refractivity contribution in [2.45, 2.75) is 38.1 Å². The number of methoxy groups -OCH3 is 2. The third kappa shape index (κ3) is 6.15. The SMILES string of the molecule is COC(CCCCN1CCN(Cc2ccccc2)CC1CO)OC. The highest BCUT2D eigenvalue weighted by molar-refractivity contribution is 5.14. The monoisotopic (exact) mass is 336 g/mol. The normalized spacial score (nSPS) is 19.9. The minimum absolute atomic E-state index is 0.0960. The lowest BCUT2D eigenvalue weighted by atomic mass is 10.1. The Morgan fingerprint density at radius 3 is 2.54 bits per heavy atom. The number of nitrogens with zero attached hydrogens (tertiary/aromatic N) is 2. The Balaban J connectivity index is 1.72. The van der Waals surface area contributed by atoms with E-state index in [9.17, 15) is 5.11 Å². The topological polar surface area (TPSA) is 45.2 Å². The van der Waals surface area contributed by atoms with Gasteiger partial charge in [-0.05, 0) is 31.4 Å². The summed E-state index contributed by atoms with van der Waals surface area (Å²) in [6, 6.07) is 10.8. The Labute approximate surface area is 146 Å². The summed E-state index contributed by atoms with van der Waals surface area (Å²) in [5.41, 5.74) is 1.34. The molecule has 1 saturated heterocycles. The molecule has 1 atom stereocenters. The molecule has 0 aromatic heterocycles. The standard InChI is InChI=1S/C19H32N2O3/c1-23-19(24-2)10-6-7-11-21-13-12-20(15-18(21)16-22)14-17-8-4-3-5-9-17/h3-5,8-9,18-19,22H,6-7,10-16H2,1-2H3. The summed E-state index contributed by atoms with van der Waals surface area (Å²) >= 11 is 0. The molecule has 5 heteroatoms. The van der Waals surface area contributed by atoms with Crippen molar-refractivity contribution in [3.05, 3.63) is 35.9 Å². The second-order valence-electron chi connectivity index (χ2n) is 6.49. The molecule has 1 aromatic rings. The predicted molar refractivity (Wildman–Crippen MR) is 95.8 cm³/mol. The van der Waals surface area contributed by atoms with Gasteiger partial charge >= 0.3 is 0 Å². The van der Waals surface area contributed by atoms with E-state index in [4.69, 9.17) is 9.47 Å². The van der Waals surface area contributed by atoms with Crippen molar-refractivity contribution >= 4 is 0 Å². The van der Waals surface area contributed by atoms with Crippen LogP contribution in [0, 0.1) is 0 Å². The van der Waals surface area contributed by atoms with Gasteiger partial charge in [-0.15, -0.1) is 0 Å². The summed E-state index contributed by atoms with van der Waals surface area (Å²) in [6.07, 6.45) is 3.01. The third-order valence-corrected chi connectivity index (χ3v) is 4.81. The van der Waals surface area contributed by atoms with Crippen molar-refractivity contribution in [3.63, 3.8) is 0 Å². The number of aliphatic hydroxyl groups excluding tert-OH is 1. The van der Waals surface area contributed by atoms with Gasteiger partial charge in [0.25, 0.3) is 0 Å². The Hall–Kier alpha value is -0.980. The first-order valence-electron chi connectivity index (χ1n) is 8.93. The van der Waals surface area contributed by atoms with Crippen LogP contribution in [0.15, 0.2) is 30.3 Å². The van der Waals surface area contributed by atoms with Gasteiger partial charge in [0.15, 0.2) is 6.29 Å². The highest BCUT2D eigenvalue weighted by Gasteiger charge is 2.25. The third-order valence-electron chi connectivity index (χ3n) is 4.81. The molecule has 1 aliphatic heterocycles. The van der Waals surface area contributed by atoms with Gasteiger partial charge in [-0.3, -0.25) is 9.80 Å². The molecule has 1 unspecified atom stereocenters. The van der Waals surface area contributed by atoms with E-state index in [0.29, 0.717) is 0 Å². The molecule has 2 rings (SSSR count). The molecular weight excluding hydrogens is 304 g/mol. The van der Waals surface area contributed by atoms with Crippen molar-refractivity contribution < 1.29 is 14.6 Å². The number of unbranched alkanes of at least 4 members (excludes halogenated alkanes) is 1. The fourth-order valence-electron chi connectivity index (χ4n) is 3.37. The molecule has 0 saturated carbocycles. The Morgan fingerprint density at radius 2 is 1.88 bits per heavy atom. The molecule has 5 nitrogen and oxygen atoms in total. The molecule has 1 N–H and O–H groups in total. The van der Waals surface area contributed by atoms with Gasteiger partial charge in [-0.1, -0.05) is 30.3 Å². The fourth-order valence-corrected chi connectivity index (χ4v) is 3.37. The van der Waals surface area contributed by atoms with E-state index >= 15 is 0 Å². The van der Waals surface area contributed by atoms with Gasteiger partial charge in [-0.25, -0.2) is 0 Å². The lowest BCUT2D eigenvalue weighted by Gasteiger charge is -2.40. The van der Waals surface area contributed by atoms with Crippen LogP contribution in [-0.4, -0.2) is 74.2 Å². The van der Waals surface area contributed by atoms with E-state index in [1.807, 2.05) is 0 Å².